The van der Waals surface area contributed by atoms with Gasteiger partial charge in [-0.3, -0.25) is 0 Å². The lowest BCUT2D eigenvalue weighted by Crippen LogP contribution is -2.36. The summed E-state index contributed by atoms with van der Waals surface area (Å²) in [7, 11) is 0. The van der Waals surface area contributed by atoms with Crippen LogP contribution in [-0.4, -0.2) is 19.1 Å². The lowest BCUT2D eigenvalue weighted by atomic mass is 9.79. The highest BCUT2D eigenvalue weighted by molar-refractivity contribution is 6.30. The van der Waals surface area contributed by atoms with E-state index in [4.69, 9.17) is 27.9 Å². The van der Waals surface area contributed by atoms with Crippen molar-refractivity contribution in [3.05, 3.63) is 34.6 Å². The quantitative estimate of drug-likeness (QED) is 0.757. The van der Waals surface area contributed by atoms with Crippen LogP contribution in [0.15, 0.2) is 18.2 Å². The standard InChI is InChI=1S/C13H15Cl2FO/c14-8-13(5-2-6-17-9-13)7-10-3-1-4-11(15)12(10)16/h1,3-4H,2,5-9H2. The van der Waals surface area contributed by atoms with Crippen molar-refractivity contribution in [3.63, 3.8) is 0 Å². The zero-order chi connectivity index (χ0) is 12.3. The summed E-state index contributed by atoms with van der Waals surface area (Å²) in [6, 6.07) is 5.10. The van der Waals surface area contributed by atoms with Gasteiger partial charge in [-0.1, -0.05) is 23.7 Å². The zero-order valence-corrected chi connectivity index (χ0v) is 11.0. The molecule has 17 heavy (non-hydrogen) atoms. The van der Waals surface area contributed by atoms with Gasteiger partial charge in [0.1, 0.15) is 5.82 Å². The lowest BCUT2D eigenvalue weighted by Gasteiger charge is -2.35. The third-order valence-electron chi connectivity index (χ3n) is 3.28. The molecule has 1 aromatic carbocycles. The third-order valence-corrected chi connectivity index (χ3v) is 4.14. The fourth-order valence-electron chi connectivity index (χ4n) is 2.29. The number of hydrogen-bond acceptors (Lipinski definition) is 1. The SMILES string of the molecule is Fc1c(Cl)cccc1CC1(CCl)CCCOC1. The van der Waals surface area contributed by atoms with E-state index in [0.29, 0.717) is 24.5 Å². The molecule has 2 rings (SSSR count). The normalized spacial score (nSPS) is 24.9. The second-order valence-electron chi connectivity index (χ2n) is 4.68. The molecule has 0 N–H and O–H groups in total. The molecular weight excluding hydrogens is 262 g/mol. The molecule has 1 aromatic rings. The average molecular weight is 277 g/mol. The van der Waals surface area contributed by atoms with Gasteiger partial charge in [-0.05, 0) is 30.9 Å². The van der Waals surface area contributed by atoms with E-state index >= 15 is 0 Å². The Labute approximate surface area is 111 Å². The fraction of sp³-hybridized carbons (Fsp3) is 0.538. The van der Waals surface area contributed by atoms with Crippen molar-refractivity contribution < 1.29 is 9.13 Å². The number of alkyl halides is 1. The monoisotopic (exact) mass is 276 g/mol. The molecule has 0 aromatic heterocycles. The maximum absolute atomic E-state index is 13.8. The molecule has 1 saturated heterocycles. The molecule has 1 aliphatic heterocycles. The smallest absolute Gasteiger partial charge is 0.144 e. The summed E-state index contributed by atoms with van der Waals surface area (Å²) >= 11 is 11.8. The van der Waals surface area contributed by atoms with E-state index < -0.39 is 0 Å². The van der Waals surface area contributed by atoms with Crippen molar-refractivity contribution in [1.82, 2.24) is 0 Å². The van der Waals surface area contributed by atoms with Crippen molar-refractivity contribution in [1.29, 1.82) is 0 Å². The molecule has 0 bridgehead atoms. The van der Waals surface area contributed by atoms with Crippen LogP contribution in [0.2, 0.25) is 5.02 Å². The first-order valence-electron chi connectivity index (χ1n) is 5.73. The molecule has 1 heterocycles. The van der Waals surface area contributed by atoms with Gasteiger partial charge in [-0.15, -0.1) is 11.6 Å². The second kappa shape index (κ2) is 5.55. The van der Waals surface area contributed by atoms with Gasteiger partial charge in [0.25, 0.3) is 0 Å². The molecule has 1 nitrogen and oxygen atoms in total. The van der Waals surface area contributed by atoms with E-state index in [2.05, 4.69) is 0 Å². The second-order valence-corrected chi connectivity index (χ2v) is 5.35. The number of benzene rings is 1. The Morgan fingerprint density at radius 1 is 1.41 bits per heavy atom. The summed E-state index contributed by atoms with van der Waals surface area (Å²) in [6.45, 7) is 1.37. The highest BCUT2D eigenvalue weighted by Gasteiger charge is 2.33. The number of rotatable bonds is 3. The van der Waals surface area contributed by atoms with Crippen molar-refractivity contribution in [3.8, 4) is 0 Å². The molecule has 4 heteroatoms. The Kier molecular flexibility index (Phi) is 4.29. The molecule has 0 aliphatic carbocycles. The first-order chi connectivity index (χ1) is 8.17. The highest BCUT2D eigenvalue weighted by Crippen LogP contribution is 2.35. The molecule has 1 aliphatic rings. The van der Waals surface area contributed by atoms with Crippen molar-refractivity contribution in [2.75, 3.05) is 19.1 Å². The molecule has 94 valence electrons. The third kappa shape index (κ3) is 2.93. The first-order valence-corrected chi connectivity index (χ1v) is 6.65. The van der Waals surface area contributed by atoms with Crippen molar-refractivity contribution >= 4 is 23.2 Å². The molecule has 1 fully saturated rings. The van der Waals surface area contributed by atoms with Crippen LogP contribution in [0, 0.1) is 11.2 Å². The molecule has 0 radical (unpaired) electrons. The predicted octanol–water partition coefficient (Wildman–Crippen LogP) is 4.06. The number of ether oxygens (including phenoxy) is 1. The van der Waals surface area contributed by atoms with Gasteiger partial charge in [-0.25, -0.2) is 4.39 Å². The topological polar surface area (TPSA) is 9.23 Å². The zero-order valence-electron chi connectivity index (χ0n) is 9.52. The Balaban J connectivity index is 2.20. The summed E-state index contributed by atoms with van der Waals surface area (Å²) in [5.41, 5.74) is 0.481. The van der Waals surface area contributed by atoms with Crippen LogP contribution in [0.3, 0.4) is 0 Å². The Morgan fingerprint density at radius 3 is 2.88 bits per heavy atom. The molecule has 0 amide bonds. The maximum Gasteiger partial charge on any atom is 0.144 e. The van der Waals surface area contributed by atoms with Crippen LogP contribution in [0.25, 0.3) is 0 Å². The minimum atomic E-state index is -0.329. The summed E-state index contributed by atoms with van der Waals surface area (Å²) < 4.78 is 19.3. The summed E-state index contributed by atoms with van der Waals surface area (Å²) in [5.74, 6) is 0.156. The summed E-state index contributed by atoms with van der Waals surface area (Å²) in [4.78, 5) is 0. The van der Waals surface area contributed by atoms with Gasteiger partial charge in [0.05, 0.1) is 11.6 Å². The predicted molar refractivity (Wildman–Crippen MR) is 68.3 cm³/mol. The maximum atomic E-state index is 13.8. The van der Waals surface area contributed by atoms with Crippen LogP contribution in [0.5, 0.6) is 0 Å². The van der Waals surface area contributed by atoms with Crippen LogP contribution < -0.4 is 0 Å². The van der Waals surface area contributed by atoms with E-state index in [1.54, 1.807) is 18.2 Å². The Morgan fingerprint density at radius 2 is 2.24 bits per heavy atom. The van der Waals surface area contributed by atoms with Gasteiger partial charge in [0, 0.05) is 17.9 Å². The van der Waals surface area contributed by atoms with E-state index in [9.17, 15) is 4.39 Å². The fourth-order valence-corrected chi connectivity index (χ4v) is 2.79. The van der Waals surface area contributed by atoms with E-state index in [1.165, 1.54) is 0 Å². The van der Waals surface area contributed by atoms with Crippen LogP contribution in [0.1, 0.15) is 18.4 Å². The van der Waals surface area contributed by atoms with E-state index in [0.717, 1.165) is 19.4 Å². The van der Waals surface area contributed by atoms with Gasteiger partial charge in [0.15, 0.2) is 0 Å². The summed E-state index contributed by atoms with van der Waals surface area (Å²) in [6.07, 6.45) is 2.54. The largest absolute Gasteiger partial charge is 0.381 e. The van der Waals surface area contributed by atoms with Crippen molar-refractivity contribution in [2.24, 2.45) is 5.41 Å². The minimum absolute atomic E-state index is 0.147. The van der Waals surface area contributed by atoms with Gasteiger partial charge >= 0.3 is 0 Å². The minimum Gasteiger partial charge on any atom is -0.381 e. The van der Waals surface area contributed by atoms with Crippen LogP contribution >= 0.6 is 23.2 Å². The van der Waals surface area contributed by atoms with Gasteiger partial charge < -0.3 is 4.74 Å². The molecule has 1 unspecified atom stereocenters. The summed E-state index contributed by atoms with van der Waals surface area (Å²) in [5, 5.41) is 0.170. The van der Waals surface area contributed by atoms with Gasteiger partial charge in [-0.2, -0.15) is 0 Å². The van der Waals surface area contributed by atoms with E-state index in [1.807, 2.05) is 0 Å². The molecule has 1 atom stereocenters. The van der Waals surface area contributed by atoms with Crippen LogP contribution in [-0.2, 0) is 11.2 Å². The number of hydrogen-bond donors (Lipinski definition) is 0. The molecule has 0 spiro atoms. The molecular formula is C13H15Cl2FO. The number of halogens is 3. The lowest BCUT2D eigenvalue weighted by molar-refractivity contribution is 0.00440. The average Bonchev–Trinajstić information content (AvgIpc) is 2.36. The highest BCUT2D eigenvalue weighted by atomic mass is 35.5. The first kappa shape index (κ1) is 13.1. The van der Waals surface area contributed by atoms with Crippen molar-refractivity contribution in [2.45, 2.75) is 19.3 Å². The van der Waals surface area contributed by atoms with E-state index in [-0.39, 0.29) is 16.3 Å². The molecule has 0 saturated carbocycles. The van der Waals surface area contributed by atoms with Gasteiger partial charge in [0.2, 0.25) is 0 Å². The van der Waals surface area contributed by atoms with Crippen LogP contribution in [0.4, 0.5) is 4.39 Å². The Bertz CT molecular complexity index is 389. The Hall–Kier alpha value is -0.310.